The number of nitrogens with one attached hydrogen (secondary N) is 2. The van der Waals surface area contributed by atoms with Crippen LogP contribution in [0.3, 0.4) is 0 Å². The summed E-state index contributed by atoms with van der Waals surface area (Å²) in [5.74, 6) is 3.47. The summed E-state index contributed by atoms with van der Waals surface area (Å²) >= 11 is 0. The Hall–Kier alpha value is -2.98. The van der Waals surface area contributed by atoms with E-state index in [0.29, 0.717) is 12.1 Å². The largest absolute Gasteiger partial charge is 0.322 e. The Morgan fingerprint density at radius 1 is 1.33 bits per heavy atom. The van der Waals surface area contributed by atoms with Crippen molar-refractivity contribution >= 4 is 17.4 Å². The lowest BCUT2D eigenvalue weighted by Crippen LogP contribution is -2.17. The van der Waals surface area contributed by atoms with Gasteiger partial charge in [0.15, 0.2) is 11.6 Å². The molecule has 0 radical (unpaired) electrons. The minimum absolute atomic E-state index is 0.168. The predicted octanol–water partition coefficient (Wildman–Crippen LogP) is 1.82. The zero-order valence-corrected chi connectivity index (χ0v) is 10.9. The maximum absolute atomic E-state index is 13.9. The Labute approximate surface area is 120 Å². The number of carbonyl (C=O) groups excluding carboxylic acids is 1. The van der Waals surface area contributed by atoms with Crippen molar-refractivity contribution in [3.05, 3.63) is 53.5 Å². The molecule has 7 heteroatoms. The number of hydrazine groups is 1. The molecule has 1 amide bonds. The van der Waals surface area contributed by atoms with Crippen LogP contribution in [-0.2, 0) is 6.42 Å². The summed E-state index contributed by atoms with van der Waals surface area (Å²) in [5.41, 5.74) is 3.25. The Morgan fingerprint density at radius 2 is 2.05 bits per heavy atom. The molecule has 0 aliphatic carbocycles. The van der Waals surface area contributed by atoms with Gasteiger partial charge in [-0.2, -0.15) is 5.26 Å². The lowest BCUT2D eigenvalue weighted by Gasteiger charge is -2.08. The van der Waals surface area contributed by atoms with Gasteiger partial charge in [-0.3, -0.25) is 4.79 Å². The molecule has 0 aliphatic rings. The summed E-state index contributed by atoms with van der Waals surface area (Å²) in [6.45, 7) is 0. The van der Waals surface area contributed by atoms with Gasteiger partial charge >= 0.3 is 0 Å². The minimum atomic E-state index is -0.821. The van der Waals surface area contributed by atoms with E-state index in [2.05, 4.69) is 15.7 Å². The standard InChI is InChI=1S/C14H12FN5O/c15-12-11(6-8-18-13(12)20-17)14(21)19-10-3-1-9(2-4-10)5-7-16/h1-4,6,8H,5,17H2,(H,18,20)(H,19,21). The van der Waals surface area contributed by atoms with Crippen LogP contribution in [0.2, 0.25) is 0 Å². The zero-order chi connectivity index (χ0) is 15.2. The average Bonchev–Trinajstić information content (AvgIpc) is 2.49. The van der Waals surface area contributed by atoms with Crippen LogP contribution in [0.5, 0.6) is 0 Å². The summed E-state index contributed by atoms with van der Waals surface area (Å²) in [6, 6.07) is 10.0. The minimum Gasteiger partial charge on any atom is -0.322 e. The predicted molar refractivity (Wildman–Crippen MR) is 75.7 cm³/mol. The number of hydrogen-bond donors (Lipinski definition) is 3. The summed E-state index contributed by atoms with van der Waals surface area (Å²) < 4.78 is 13.9. The molecule has 1 aromatic carbocycles. The maximum atomic E-state index is 13.9. The first-order valence-corrected chi connectivity index (χ1v) is 6.04. The molecule has 0 fully saturated rings. The van der Waals surface area contributed by atoms with E-state index in [-0.39, 0.29) is 11.4 Å². The van der Waals surface area contributed by atoms with Gasteiger partial charge in [0.1, 0.15) is 0 Å². The van der Waals surface area contributed by atoms with Gasteiger partial charge in [0.25, 0.3) is 5.91 Å². The van der Waals surface area contributed by atoms with Gasteiger partial charge in [0.2, 0.25) is 0 Å². The molecular weight excluding hydrogens is 273 g/mol. The zero-order valence-electron chi connectivity index (χ0n) is 10.9. The van der Waals surface area contributed by atoms with Crippen LogP contribution < -0.4 is 16.6 Å². The van der Waals surface area contributed by atoms with Crippen molar-refractivity contribution in [2.75, 3.05) is 10.7 Å². The van der Waals surface area contributed by atoms with E-state index in [4.69, 9.17) is 11.1 Å². The van der Waals surface area contributed by atoms with Gasteiger partial charge in [0.05, 0.1) is 18.1 Å². The monoisotopic (exact) mass is 285 g/mol. The Balaban J connectivity index is 2.16. The molecule has 2 rings (SSSR count). The highest BCUT2D eigenvalue weighted by atomic mass is 19.1. The molecule has 1 heterocycles. The van der Waals surface area contributed by atoms with Gasteiger partial charge in [-0.1, -0.05) is 12.1 Å². The van der Waals surface area contributed by atoms with Crippen LogP contribution in [0.1, 0.15) is 15.9 Å². The quantitative estimate of drug-likeness (QED) is 0.587. The number of carbonyl (C=O) groups is 1. The third-order valence-electron chi connectivity index (χ3n) is 2.77. The highest BCUT2D eigenvalue weighted by Gasteiger charge is 2.15. The van der Waals surface area contributed by atoms with E-state index < -0.39 is 11.7 Å². The van der Waals surface area contributed by atoms with Gasteiger partial charge in [-0.15, -0.1) is 0 Å². The molecule has 0 spiro atoms. The lowest BCUT2D eigenvalue weighted by molar-refractivity contribution is 0.102. The first-order chi connectivity index (χ1) is 10.2. The lowest BCUT2D eigenvalue weighted by atomic mass is 10.1. The first kappa shape index (κ1) is 14.4. The topological polar surface area (TPSA) is 104 Å². The number of benzene rings is 1. The number of nitriles is 1. The van der Waals surface area contributed by atoms with Crippen molar-refractivity contribution in [3.8, 4) is 6.07 Å². The van der Waals surface area contributed by atoms with Crippen molar-refractivity contribution < 1.29 is 9.18 Å². The van der Waals surface area contributed by atoms with Crippen molar-refractivity contribution in [2.24, 2.45) is 5.84 Å². The van der Waals surface area contributed by atoms with Crippen LogP contribution in [0.4, 0.5) is 15.9 Å². The number of anilines is 2. The molecule has 1 aromatic heterocycles. The molecule has 0 unspecified atom stereocenters. The molecule has 0 saturated carbocycles. The van der Waals surface area contributed by atoms with Gasteiger partial charge < -0.3 is 10.7 Å². The van der Waals surface area contributed by atoms with Gasteiger partial charge in [-0.25, -0.2) is 15.2 Å². The summed E-state index contributed by atoms with van der Waals surface area (Å²) in [7, 11) is 0. The number of halogens is 1. The molecule has 0 aliphatic heterocycles. The molecule has 21 heavy (non-hydrogen) atoms. The third kappa shape index (κ3) is 3.32. The second kappa shape index (κ2) is 6.45. The average molecular weight is 285 g/mol. The van der Waals surface area contributed by atoms with Crippen LogP contribution in [0.25, 0.3) is 0 Å². The van der Waals surface area contributed by atoms with Crippen LogP contribution in [0.15, 0.2) is 36.5 Å². The molecule has 0 saturated heterocycles. The van der Waals surface area contributed by atoms with Gasteiger partial charge in [-0.05, 0) is 23.8 Å². The number of rotatable bonds is 4. The van der Waals surface area contributed by atoms with Crippen LogP contribution in [0, 0.1) is 17.1 Å². The summed E-state index contributed by atoms with van der Waals surface area (Å²) in [6.07, 6.45) is 1.57. The molecule has 2 aromatic rings. The second-order valence-corrected chi connectivity index (χ2v) is 4.15. The van der Waals surface area contributed by atoms with E-state index in [1.165, 1.54) is 12.3 Å². The smallest absolute Gasteiger partial charge is 0.258 e. The maximum Gasteiger partial charge on any atom is 0.258 e. The van der Waals surface area contributed by atoms with Crippen molar-refractivity contribution in [1.82, 2.24) is 4.98 Å². The Kier molecular flexibility index (Phi) is 4.43. The van der Waals surface area contributed by atoms with E-state index in [1.807, 2.05) is 6.07 Å². The van der Waals surface area contributed by atoms with Crippen LogP contribution in [-0.4, -0.2) is 10.9 Å². The normalized spacial score (nSPS) is 9.76. The van der Waals surface area contributed by atoms with Crippen molar-refractivity contribution in [2.45, 2.75) is 6.42 Å². The number of pyridine rings is 1. The summed E-state index contributed by atoms with van der Waals surface area (Å²) in [4.78, 5) is 15.7. The molecule has 0 atom stereocenters. The highest BCUT2D eigenvalue weighted by molar-refractivity contribution is 6.04. The SMILES string of the molecule is N#CCc1ccc(NC(=O)c2ccnc(NN)c2F)cc1. The molecule has 106 valence electrons. The number of amides is 1. The first-order valence-electron chi connectivity index (χ1n) is 6.04. The Morgan fingerprint density at radius 3 is 2.67 bits per heavy atom. The molecule has 6 nitrogen and oxygen atoms in total. The second-order valence-electron chi connectivity index (χ2n) is 4.15. The fraction of sp³-hybridized carbons (Fsp3) is 0.0714. The van der Waals surface area contributed by atoms with E-state index in [0.717, 1.165) is 5.56 Å². The number of aromatic nitrogens is 1. The van der Waals surface area contributed by atoms with Crippen molar-refractivity contribution in [1.29, 1.82) is 5.26 Å². The number of nitrogen functional groups attached to an aromatic ring is 1. The number of nitrogens with zero attached hydrogens (tertiary/aromatic N) is 2. The van der Waals surface area contributed by atoms with Crippen molar-refractivity contribution in [3.63, 3.8) is 0 Å². The fourth-order valence-electron chi connectivity index (χ4n) is 1.72. The van der Waals surface area contributed by atoms with E-state index >= 15 is 0 Å². The van der Waals surface area contributed by atoms with E-state index in [1.54, 1.807) is 24.3 Å². The number of nitrogens with two attached hydrogens (primary N) is 1. The Bertz CT molecular complexity index is 694. The van der Waals surface area contributed by atoms with Gasteiger partial charge in [0, 0.05) is 11.9 Å². The van der Waals surface area contributed by atoms with E-state index in [9.17, 15) is 9.18 Å². The highest BCUT2D eigenvalue weighted by Crippen LogP contribution is 2.16. The summed E-state index contributed by atoms with van der Waals surface area (Å²) in [5, 5.41) is 11.1. The fourth-order valence-corrected chi connectivity index (χ4v) is 1.72. The number of hydrogen-bond acceptors (Lipinski definition) is 5. The van der Waals surface area contributed by atoms with Crippen LogP contribution >= 0.6 is 0 Å². The molecule has 4 N–H and O–H groups in total. The third-order valence-corrected chi connectivity index (χ3v) is 2.77. The molecular formula is C14H12FN5O. The molecule has 0 bridgehead atoms.